The van der Waals surface area contributed by atoms with Crippen molar-refractivity contribution < 1.29 is 14.6 Å². The Balaban J connectivity index is 2.20. The summed E-state index contributed by atoms with van der Waals surface area (Å²) in [4.78, 5) is 11.8. The van der Waals surface area contributed by atoms with Crippen LogP contribution in [0.25, 0.3) is 0 Å². The molecule has 0 aliphatic rings. The Hall–Kier alpha value is -1.59. The molecule has 0 heterocycles. The van der Waals surface area contributed by atoms with Gasteiger partial charge >= 0.3 is 0 Å². The Morgan fingerprint density at radius 1 is 1.35 bits per heavy atom. The van der Waals surface area contributed by atoms with E-state index >= 15 is 0 Å². The number of hydrogen-bond acceptors (Lipinski definition) is 4. The van der Waals surface area contributed by atoms with E-state index in [0.717, 1.165) is 25.0 Å². The highest BCUT2D eigenvalue weighted by Crippen LogP contribution is 2.10. The van der Waals surface area contributed by atoms with Crippen molar-refractivity contribution in [1.82, 2.24) is 5.32 Å². The fraction of sp³-hybridized carbons (Fsp3) is 0.533. The van der Waals surface area contributed by atoms with Gasteiger partial charge in [0.15, 0.2) is 0 Å². The molecule has 112 valence electrons. The van der Waals surface area contributed by atoms with Crippen molar-refractivity contribution in [2.45, 2.75) is 32.2 Å². The van der Waals surface area contributed by atoms with Crippen LogP contribution in [0, 0.1) is 0 Å². The number of carbonyl (C=O) groups excluding carboxylic acids is 1. The van der Waals surface area contributed by atoms with Gasteiger partial charge in [0.1, 0.15) is 5.75 Å². The lowest BCUT2D eigenvalue weighted by atomic mass is 10.1. The number of aromatic hydroxyl groups is 1. The zero-order valence-corrected chi connectivity index (χ0v) is 12.0. The van der Waals surface area contributed by atoms with Crippen LogP contribution in [0.4, 0.5) is 0 Å². The van der Waals surface area contributed by atoms with Crippen LogP contribution in [-0.4, -0.2) is 36.8 Å². The molecule has 5 nitrogen and oxygen atoms in total. The molecule has 0 saturated heterocycles. The van der Waals surface area contributed by atoms with E-state index in [1.807, 2.05) is 0 Å². The second-order valence-electron chi connectivity index (χ2n) is 4.73. The first-order chi connectivity index (χ1) is 9.63. The van der Waals surface area contributed by atoms with Crippen LogP contribution < -0.4 is 11.1 Å². The van der Waals surface area contributed by atoms with Crippen LogP contribution in [0.5, 0.6) is 5.75 Å². The molecule has 0 saturated carbocycles. The maximum absolute atomic E-state index is 11.8. The number of benzene rings is 1. The lowest BCUT2D eigenvalue weighted by Crippen LogP contribution is -2.43. The summed E-state index contributed by atoms with van der Waals surface area (Å²) >= 11 is 0. The van der Waals surface area contributed by atoms with Crippen molar-refractivity contribution in [2.75, 3.05) is 19.8 Å². The first-order valence-corrected chi connectivity index (χ1v) is 7.02. The van der Waals surface area contributed by atoms with E-state index in [1.54, 1.807) is 24.3 Å². The van der Waals surface area contributed by atoms with Gasteiger partial charge in [-0.3, -0.25) is 4.79 Å². The predicted molar refractivity (Wildman–Crippen MR) is 78.5 cm³/mol. The molecule has 1 atom stereocenters. The fourth-order valence-corrected chi connectivity index (χ4v) is 1.70. The van der Waals surface area contributed by atoms with Crippen LogP contribution >= 0.6 is 0 Å². The maximum atomic E-state index is 11.8. The number of amides is 1. The number of hydrogen-bond donors (Lipinski definition) is 3. The van der Waals surface area contributed by atoms with Gasteiger partial charge < -0.3 is 20.9 Å². The number of rotatable bonds is 9. The third kappa shape index (κ3) is 6.54. The molecule has 0 bridgehead atoms. The van der Waals surface area contributed by atoms with Gasteiger partial charge in [0, 0.05) is 13.2 Å². The minimum Gasteiger partial charge on any atom is -0.508 e. The quantitative estimate of drug-likeness (QED) is 0.593. The molecule has 20 heavy (non-hydrogen) atoms. The van der Waals surface area contributed by atoms with Gasteiger partial charge in [-0.05, 0) is 30.5 Å². The minimum atomic E-state index is -0.588. The average molecular weight is 280 g/mol. The van der Waals surface area contributed by atoms with E-state index in [1.165, 1.54) is 0 Å². The Kier molecular flexibility index (Phi) is 7.69. The van der Waals surface area contributed by atoms with Crippen molar-refractivity contribution >= 4 is 5.91 Å². The lowest BCUT2D eigenvalue weighted by molar-refractivity contribution is -0.122. The molecule has 1 rings (SSSR count). The largest absolute Gasteiger partial charge is 0.508 e. The van der Waals surface area contributed by atoms with Crippen molar-refractivity contribution in [3.8, 4) is 5.75 Å². The summed E-state index contributed by atoms with van der Waals surface area (Å²) in [6, 6.07) is 6.10. The number of phenolic OH excluding ortho intramolecular Hbond substituents is 1. The smallest absolute Gasteiger partial charge is 0.237 e. The SMILES string of the molecule is CCCCOCCNC(=O)C(N)Cc1ccc(O)cc1. The first kappa shape index (κ1) is 16.5. The van der Waals surface area contributed by atoms with Gasteiger partial charge in [-0.25, -0.2) is 0 Å². The highest BCUT2D eigenvalue weighted by Gasteiger charge is 2.13. The van der Waals surface area contributed by atoms with Crippen LogP contribution in [0.2, 0.25) is 0 Å². The normalized spacial score (nSPS) is 12.1. The van der Waals surface area contributed by atoms with Gasteiger partial charge in [-0.2, -0.15) is 0 Å². The van der Waals surface area contributed by atoms with Crippen molar-refractivity contribution in [3.63, 3.8) is 0 Å². The second kappa shape index (κ2) is 9.34. The molecule has 1 aromatic rings. The minimum absolute atomic E-state index is 0.183. The third-order valence-corrected chi connectivity index (χ3v) is 2.92. The van der Waals surface area contributed by atoms with Gasteiger partial charge in [-0.15, -0.1) is 0 Å². The zero-order valence-electron chi connectivity index (χ0n) is 12.0. The van der Waals surface area contributed by atoms with Gasteiger partial charge in [0.05, 0.1) is 12.6 Å². The summed E-state index contributed by atoms with van der Waals surface area (Å²) in [6.07, 6.45) is 2.58. The predicted octanol–water partition coefficient (Wildman–Crippen LogP) is 1.19. The zero-order chi connectivity index (χ0) is 14.8. The van der Waals surface area contributed by atoms with Crippen LogP contribution in [0.3, 0.4) is 0 Å². The molecule has 1 unspecified atom stereocenters. The summed E-state index contributed by atoms with van der Waals surface area (Å²) in [7, 11) is 0. The summed E-state index contributed by atoms with van der Waals surface area (Å²) in [5, 5.41) is 11.9. The third-order valence-electron chi connectivity index (χ3n) is 2.92. The molecule has 0 spiro atoms. The van der Waals surface area contributed by atoms with Crippen LogP contribution in [0.15, 0.2) is 24.3 Å². The number of unbranched alkanes of at least 4 members (excludes halogenated alkanes) is 1. The monoisotopic (exact) mass is 280 g/mol. The Morgan fingerprint density at radius 3 is 2.70 bits per heavy atom. The molecular weight excluding hydrogens is 256 g/mol. The molecule has 0 aliphatic heterocycles. The Labute approximate surface area is 120 Å². The average Bonchev–Trinajstić information content (AvgIpc) is 2.45. The first-order valence-electron chi connectivity index (χ1n) is 7.02. The topological polar surface area (TPSA) is 84.6 Å². The van der Waals surface area contributed by atoms with Gasteiger partial charge in [-0.1, -0.05) is 25.5 Å². The van der Waals surface area contributed by atoms with Crippen molar-refractivity contribution in [3.05, 3.63) is 29.8 Å². The number of ether oxygens (including phenoxy) is 1. The molecule has 0 radical (unpaired) electrons. The molecule has 5 heteroatoms. The molecule has 0 fully saturated rings. The summed E-state index contributed by atoms with van der Waals surface area (Å²) < 4.78 is 5.35. The van der Waals surface area contributed by atoms with E-state index in [0.29, 0.717) is 19.6 Å². The van der Waals surface area contributed by atoms with Crippen molar-refractivity contribution in [1.29, 1.82) is 0 Å². The van der Waals surface area contributed by atoms with Gasteiger partial charge in [0.25, 0.3) is 0 Å². The molecular formula is C15H24N2O3. The standard InChI is InChI=1S/C15H24N2O3/c1-2-3-9-20-10-8-17-15(19)14(16)11-12-4-6-13(18)7-5-12/h4-7,14,18H,2-3,8-11,16H2,1H3,(H,17,19). The van der Waals surface area contributed by atoms with E-state index in [2.05, 4.69) is 12.2 Å². The molecule has 1 amide bonds. The lowest BCUT2D eigenvalue weighted by Gasteiger charge is -2.12. The van der Waals surface area contributed by atoms with E-state index in [-0.39, 0.29) is 11.7 Å². The summed E-state index contributed by atoms with van der Waals surface area (Å²) in [5.41, 5.74) is 6.76. The number of carbonyl (C=O) groups is 1. The number of phenols is 1. The summed E-state index contributed by atoms with van der Waals surface area (Å²) in [5.74, 6) is 0.0215. The highest BCUT2D eigenvalue weighted by molar-refractivity contribution is 5.81. The van der Waals surface area contributed by atoms with Crippen LogP contribution in [0.1, 0.15) is 25.3 Å². The maximum Gasteiger partial charge on any atom is 0.237 e. The van der Waals surface area contributed by atoms with Gasteiger partial charge in [0.2, 0.25) is 5.91 Å². The summed E-state index contributed by atoms with van der Waals surface area (Å²) in [6.45, 7) is 3.82. The highest BCUT2D eigenvalue weighted by atomic mass is 16.5. The van der Waals surface area contributed by atoms with Crippen molar-refractivity contribution in [2.24, 2.45) is 5.73 Å². The Bertz CT molecular complexity index is 393. The Morgan fingerprint density at radius 2 is 2.05 bits per heavy atom. The molecule has 0 aromatic heterocycles. The second-order valence-corrected chi connectivity index (χ2v) is 4.73. The van der Waals surface area contributed by atoms with Crippen LogP contribution in [-0.2, 0) is 16.0 Å². The molecule has 1 aromatic carbocycles. The fourth-order valence-electron chi connectivity index (χ4n) is 1.70. The molecule has 0 aliphatic carbocycles. The van der Waals surface area contributed by atoms with E-state index in [4.69, 9.17) is 10.5 Å². The number of nitrogens with two attached hydrogens (primary N) is 1. The van der Waals surface area contributed by atoms with E-state index < -0.39 is 6.04 Å². The molecule has 4 N–H and O–H groups in total. The van der Waals surface area contributed by atoms with E-state index in [9.17, 15) is 9.90 Å². The number of nitrogens with one attached hydrogen (secondary N) is 1.